The molecule has 0 spiro atoms. The molecule has 0 unspecified atom stereocenters. The lowest BCUT2D eigenvalue weighted by atomic mass is 9.31. The summed E-state index contributed by atoms with van der Waals surface area (Å²) in [5.74, 6) is 3.64. The van der Waals surface area contributed by atoms with Crippen LogP contribution in [0.1, 0.15) is 119 Å². The Morgan fingerprint density at radius 3 is 2.12 bits per heavy atom. The Hall–Kier alpha value is -1.38. The van der Waals surface area contributed by atoms with Crippen LogP contribution in [-0.2, 0) is 14.3 Å². The van der Waals surface area contributed by atoms with Gasteiger partial charge in [0, 0.05) is 10.8 Å². The molecule has 5 rings (SSSR count). The molecule has 3 nitrogen and oxygen atoms in total. The number of allylic oxidation sites excluding steroid dienone is 2. The van der Waals surface area contributed by atoms with E-state index in [9.17, 15) is 9.59 Å². The highest BCUT2D eigenvalue weighted by atomic mass is 16.5. The minimum atomic E-state index is -0.394. The Kier molecular flexibility index (Phi) is 7.20. The maximum Gasteiger partial charge on any atom is 0.312 e. The van der Waals surface area contributed by atoms with Crippen LogP contribution in [0.15, 0.2) is 25.3 Å². The van der Waals surface area contributed by atoms with Gasteiger partial charge < -0.3 is 4.74 Å². The molecule has 5 saturated carbocycles. The number of carbonyl (C=O) groups excluding carboxylic acids is 2. The summed E-state index contributed by atoms with van der Waals surface area (Å²) in [5.41, 5.74) is -0.560. The van der Waals surface area contributed by atoms with Gasteiger partial charge in [-0.1, -0.05) is 60.6 Å². The van der Waals surface area contributed by atoms with Crippen molar-refractivity contribution in [3.05, 3.63) is 25.3 Å². The van der Waals surface area contributed by atoms with E-state index in [1.54, 1.807) is 7.11 Å². The van der Waals surface area contributed by atoms with E-state index >= 15 is 0 Å². The van der Waals surface area contributed by atoms with Gasteiger partial charge in [-0.3, -0.25) is 9.59 Å². The predicted molar refractivity (Wildman–Crippen MR) is 163 cm³/mol. The lowest BCUT2D eigenvalue weighted by Crippen LogP contribution is -2.68. The normalized spacial score (nSPS) is 46.9. The van der Waals surface area contributed by atoms with Crippen LogP contribution in [0.3, 0.4) is 0 Å². The van der Waals surface area contributed by atoms with Crippen molar-refractivity contribution in [1.82, 2.24) is 0 Å². The average Bonchev–Trinajstić information content (AvgIpc) is 3.29. The molecule has 5 fully saturated rings. The van der Waals surface area contributed by atoms with Gasteiger partial charge in [-0.2, -0.15) is 0 Å². The molecule has 0 aromatic rings. The van der Waals surface area contributed by atoms with E-state index in [1.165, 1.54) is 19.3 Å². The van der Waals surface area contributed by atoms with Crippen LogP contribution < -0.4 is 0 Å². The second kappa shape index (κ2) is 9.57. The van der Waals surface area contributed by atoms with Crippen LogP contribution in [0.25, 0.3) is 0 Å². The third kappa shape index (κ3) is 3.60. The summed E-state index contributed by atoms with van der Waals surface area (Å²) in [6.45, 7) is 25.3. The molecular formula is C37H58O3. The van der Waals surface area contributed by atoms with Crippen molar-refractivity contribution >= 4 is 11.8 Å². The highest BCUT2D eigenvalue weighted by Gasteiger charge is 2.73. The molecule has 5 aliphatic rings. The number of esters is 1. The van der Waals surface area contributed by atoms with Crippen LogP contribution in [0.2, 0.25) is 0 Å². The minimum absolute atomic E-state index is 0.0665. The van der Waals surface area contributed by atoms with Crippen molar-refractivity contribution in [1.29, 1.82) is 0 Å². The molecule has 0 heterocycles. The number of carbonyl (C=O) groups is 2. The number of fused-ring (bicyclic) bond motifs is 7. The van der Waals surface area contributed by atoms with Crippen molar-refractivity contribution in [2.45, 2.75) is 119 Å². The highest BCUT2D eigenvalue weighted by molar-refractivity contribution is 5.91. The van der Waals surface area contributed by atoms with Crippen molar-refractivity contribution in [2.75, 3.05) is 7.11 Å². The lowest BCUT2D eigenvalue weighted by Gasteiger charge is -2.73. The second-order valence-electron chi connectivity index (χ2n) is 16.8. The van der Waals surface area contributed by atoms with Crippen molar-refractivity contribution in [3.63, 3.8) is 0 Å². The van der Waals surface area contributed by atoms with Crippen LogP contribution >= 0.6 is 0 Å². The van der Waals surface area contributed by atoms with E-state index in [-0.39, 0.29) is 33.0 Å². The maximum absolute atomic E-state index is 14.3. The second-order valence-corrected chi connectivity index (χ2v) is 16.8. The van der Waals surface area contributed by atoms with E-state index in [0.717, 1.165) is 51.4 Å². The number of hydrogen-bond acceptors (Lipinski definition) is 3. The molecule has 9 atom stereocenters. The van der Waals surface area contributed by atoms with Gasteiger partial charge in [0.25, 0.3) is 0 Å². The van der Waals surface area contributed by atoms with Crippen molar-refractivity contribution in [3.8, 4) is 0 Å². The summed E-state index contributed by atoms with van der Waals surface area (Å²) in [6, 6.07) is 0. The number of hydrogen-bond donors (Lipinski definition) is 0. The first-order valence-corrected chi connectivity index (χ1v) is 16.5. The topological polar surface area (TPSA) is 43.4 Å². The monoisotopic (exact) mass is 550 g/mol. The quantitative estimate of drug-likeness (QED) is 0.244. The molecular weight excluding hydrogens is 492 g/mol. The molecule has 0 aliphatic heterocycles. The number of methoxy groups -OCH3 is 1. The third-order valence-corrected chi connectivity index (χ3v) is 14.9. The molecule has 0 bridgehead atoms. The Morgan fingerprint density at radius 1 is 0.900 bits per heavy atom. The van der Waals surface area contributed by atoms with Gasteiger partial charge >= 0.3 is 5.97 Å². The summed E-state index contributed by atoms with van der Waals surface area (Å²) in [5, 5.41) is 0. The summed E-state index contributed by atoms with van der Waals surface area (Å²) in [6.07, 6.45) is 15.4. The Labute approximate surface area is 245 Å². The van der Waals surface area contributed by atoms with E-state index in [2.05, 4.69) is 61.6 Å². The highest BCUT2D eigenvalue weighted by Crippen LogP contribution is 2.78. The lowest BCUT2D eigenvalue weighted by molar-refractivity contribution is -0.246. The molecule has 5 aliphatic carbocycles. The zero-order valence-electron chi connectivity index (χ0n) is 27.0. The standard InChI is InChI=1S/C37H58O3/c1-11-17-36(18-12-2)23-33(7)27(32(5,6)30(36)38)16-19-35(9)28(33)14-13-26-29-25(24(3)4)15-20-37(29,31(39)40-10)22-21-34(26,35)8/h11-12,24-29H,1-2,13-23H2,3-10H3/t25-,26+,27-,28+,29+,33-,34+,35+,37-/m0/s1. The molecule has 0 aromatic heterocycles. The first-order chi connectivity index (χ1) is 18.6. The summed E-state index contributed by atoms with van der Waals surface area (Å²) < 4.78 is 5.57. The van der Waals surface area contributed by atoms with E-state index in [4.69, 9.17) is 4.74 Å². The SMILES string of the molecule is C=CCC1(CC=C)C[C@]2(C)[C@H]3CC[C@@H]4[C@H]5[C@H](C(C)C)CC[C@]5(C(=O)OC)CC[C@@]4(C)[C@]3(C)CC[C@H]2C(C)(C)C1=O. The number of ketones is 1. The van der Waals surface area contributed by atoms with Gasteiger partial charge in [0.2, 0.25) is 0 Å². The largest absolute Gasteiger partial charge is 0.469 e. The molecule has 0 aromatic carbocycles. The smallest absolute Gasteiger partial charge is 0.312 e. The van der Waals surface area contributed by atoms with E-state index in [1.807, 2.05) is 12.2 Å². The van der Waals surface area contributed by atoms with Gasteiger partial charge in [-0.15, -0.1) is 13.2 Å². The maximum atomic E-state index is 14.3. The van der Waals surface area contributed by atoms with Crippen molar-refractivity contribution in [2.24, 2.45) is 68.0 Å². The average molecular weight is 551 g/mol. The molecule has 0 radical (unpaired) electrons. The molecule has 0 N–H and O–H groups in total. The molecule has 0 saturated heterocycles. The number of ether oxygens (including phenoxy) is 1. The Balaban J connectivity index is 1.60. The van der Waals surface area contributed by atoms with E-state index < -0.39 is 5.41 Å². The van der Waals surface area contributed by atoms with Gasteiger partial charge in [-0.05, 0) is 122 Å². The van der Waals surface area contributed by atoms with Gasteiger partial charge in [0.15, 0.2) is 0 Å². The Bertz CT molecular complexity index is 1060. The predicted octanol–water partition coefficient (Wildman–Crippen LogP) is 9.21. The fraction of sp³-hybridized carbons (Fsp3) is 0.838. The summed E-state index contributed by atoms with van der Waals surface area (Å²) >= 11 is 0. The number of Topliss-reactive ketones (excluding diaryl/α,β-unsaturated/α-hetero) is 1. The fourth-order valence-electron chi connectivity index (χ4n) is 13.4. The van der Waals surface area contributed by atoms with Gasteiger partial charge in [-0.25, -0.2) is 0 Å². The summed E-state index contributed by atoms with van der Waals surface area (Å²) in [4.78, 5) is 27.8. The van der Waals surface area contributed by atoms with Gasteiger partial charge in [0.1, 0.15) is 5.78 Å². The third-order valence-electron chi connectivity index (χ3n) is 14.9. The van der Waals surface area contributed by atoms with Crippen molar-refractivity contribution < 1.29 is 14.3 Å². The molecule has 0 amide bonds. The van der Waals surface area contributed by atoms with Gasteiger partial charge in [0.05, 0.1) is 12.5 Å². The molecule has 40 heavy (non-hydrogen) atoms. The molecule has 3 heteroatoms. The summed E-state index contributed by atoms with van der Waals surface area (Å²) in [7, 11) is 1.61. The Morgan fingerprint density at radius 2 is 1.55 bits per heavy atom. The van der Waals surface area contributed by atoms with Crippen LogP contribution in [0.5, 0.6) is 0 Å². The van der Waals surface area contributed by atoms with Crippen LogP contribution in [-0.4, -0.2) is 18.9 Å². The number of rotatable bonds is 6. The molecule has 224 valence electrons. The first-order valence-electron chi connectivity index (χ1n) is 16.5. The zero-order chi connectivity index (χ0) is 29.5. The fourth-order valence-corrected chi connectivity index (χ4v) is 13.4. The zero-order valence-corrected chi connectivity index (χ0v) is 27.0. The van der Waals surface area contributed by atoms with Crippen LogP contribution in [0.4, 0.5) is 0 Å². The van der Waals surface area contributed by atoms with E-state index in [0.29, 0.717) is 41.3 Å². The first kappa shape index (κ1) is 30.1. The minimum Gasteiger partial charge on any atom is -0.469 e. The van der Waals surface area contributed by atoms with Crippen LogP contribution in [0, 0.1) is 68.0 Å².